The van der Waals surface area contributed by atoms with Crippen LogP contribution in [-0.2, 0) is 17.8 Å². The SMILES string of the molecule is Cc1cccc(C)c1-c1cc2nc(n1)N[S+]([O-])c1cccc(c1)CCC1CCN(CC3CC3)C[C@@H]1CO2. The Balaban J connectivity index is 1.36. The second-order valence-electron chi connectivity index (χ2n) is 11.1. The first-order valence-corrected chi connectivity index (χ1v) is 14.7. The Hall–Kier alpha value is -2.61. The van der Waals surface area contributed by atoms with E-state index >= 15 is 0 Å². The topological polar surface area (TPSA) is 73.3 Å². The molecule has 0 radical (unpaired) electrons. The van der Waals surface area contributed by atoms with Gasteiger partial charge in [-0.1, -0.05) is 30.3 Å². The summed E-state index contributed by atoms with van der Waals surface area (Å²) in [6.45, 7) is 8.32. The monoisotopic (exact) mass is 516 g/mol. The van der Waals surface area contributed by atoms with Crippen LogP contribution >= 0.6 is 0 Å². The lowest BCUT2D eigenvalue weighted by molar-refractivity contribution is 0.0724. The molecule has 37 heavy (non-hydrogen) atoms. The van der Waals surface area contributed by atoms with Crippen LogP contribution < -0.4 is 9.46 Å². The van der Waals surface area contributed by atoms with Crippen molar-refractivity contribution in [1.82, 2.24) is 14.9 Å². The minimum atomic E-state index is -1.47. The summed E-state index contributed by atoms with van der Waals surface area (Å²) < 4.78 is 22.8. The summed E-state index contributed by atoms with van der Waals surface area (Å²) in [5, 5.41) is 0. The number of aromatic nitrogens is 2. The molecule has 6 nitrogen and oxygen atoms in total. The van der Waals surface area contributed by atoms with Gasteiger partial charge in [-0.25, -0.2) is 4.98 Å². The molecule has 1 aromatic heterocycles. The van der Waals surface area contributed by atoms with Crippen LogP contribution in [0.4, 0.5) is 5.95 Å². The lowest BCUT2D eigenvalue weighted by atomic mass is 9.82. The van der Waals surface area contributed by atoms with Crippen LogP contribution in [0.25, 0.3) is 11.3 Å². The highest BCUT2D eigenvalue weighted by Gasteiger charge is 2.33. The highest BCUT2D eigenvalue weighted by molar-refractivity contribution is 7.92. The Morgan fingerprint density at radius 3 is 2.62 bits per heavy atom. The van der Waals surface area contributed by atoms with Crippen LogP contribution in [-0.4, -0.2) is 45.7 Å². The summed E-state index contributed by atoms with van der Waals surface area (Å²) in [7, 11) is 0. The summed E-state index contributed by atoms with van der Waals surface area (Å²) in [6.07, 6.45) is 6.09. The molecule has 1 N–H and O–H groups in total. The normalized spacial score (nSPS) is 24.4. The maximum Gasteiger partial charge on any atom is 0.269 e. The van der Waals surface area contributed by atoms with Crippen LogP contribution in [0.2, 0.25) is 0 Å². The number of anilines is 1. The van der Waals surface area contributed by atoms with Crippen molar-refractivity contribution in [3.05, 3.63) is 65.2 Å². The van der Waals surface area contributed by atoms with E-state index in [1.807, 2.05) is 18.2 Å². The number of fused-ring (bicyclic) bond motifs is 5. The molecule has 1 saturated carbocycles. The standard InChI is InChI=1S/C30H36N4O2S/c1-20-5-3-6-21(2)29(20)27-16-28-32-30(31-27)33-37(35)26-8-4-7-22(15-26)11-12-24-13-14-34(17-23-9-10-23)18-25(24)19-36-28/h3-8,15-16,23-25H,9-14,17-19H2,1-2H3,(H,31,32,33)/t24?,25-,37?/m1/s1. The Kier molecular flexibility index (Phi) is 7.10. The fourth-order valence-corrected chi connectivity index (χ4v) is 6.79. The molecule has 7 heteroatoms. The molecule has 3 heterocycles. The number of hydrogen-bond donors (Lipinski definition) is 1. The summed E-state index contributed by atoms with van der Waals surface area (Å²) >= 11 is -1.47. The zero-order valence-electron chi connectivity index (χ0n) is 21.8. The van der Waals surface area contributed by atoms with E-state index in [0.717, 1.165) is 52.6 Å². The van der Waals surface area contributed by atoms with Gasteiger partial charge in [-0.05, 0) is 93.2 Å². The van der Waals surface area contributed by atoms with Crippen LogP contribution in [0.15, 0.2) is 53.4 Å². The molecular weight excluding hydrogens is 480 g/mol. The van der Waals surface area contributed by atoms with Crippen molar-refractivity contribution in [3.63, 3.8) is 0 Å². The third-order valence-corrected chi connectivity index (χ3v) is 9.22. The minimum absolute atomic E-state index is 0.325. The Morgan fingerprint density at radius 2 is 1.81 bits per heavy atom. The van der Waals surface area contributed by atoms with E-state index in [0.29, 0.717) is 30.3 Å². The first-order chi connectivity index (χ1) is 18.0. The Labute approximate surface area is 223 Å². The molecule has 2 fully saturated rings. The van der Waals surface area contributed by atoms with Crippen LogP contribution in [0.3, 0.4) is 0 Å². The average Bonchev–Trinajstić information content (AvgIpc) is 3.70. The van der Waals surface area contributed by atoms with E-state index in [1.165, 1.54) is 37.9 Å². The van der Waals surface area contributed by atoms with Crippen molar-refractivity contribution < 1.29 is 9.29 Å². The van der Waals surface area contributed by atoms with Gasteiger partial charge in [0.1, 0.15) is 11.4 Å². The molecule has 3 atom stereocenters. The van der Waals surface area contributed by atoms with E-state index in [2.05, 4.69) is 58.8 Å². The number of nitrogens with zero attached hydrogens (tertiary/aromatic N) is 3. The number of benzene rings is 2. The van der Waals surface area contributed by atoms with Gasteiger partial charge in [-0.3, -0.25) is 0 Å². The van der Waals surface area contributed by atoms with Gasteiger partial charge < -0.3 is 14.2 Å². The van der Waals surface area contributed by atoms with Crippen molar-refractivity contribution in [2.45, 2.75) is 50.8 Å². The Bertz CT molecular complexity index is 1240. The minimum Gasteiger partial charge on any atom is -0.588 e. The molecule has 0 amide bonds. The van der Waals surface area contributed by atoms with Crippen molar-refractivity contribution in [1.29, 1.82) is 0 Å². The Morgan fingerprint density at radius 1 is 1.00 bits per heavy atom. The molecule has 1 saturated heterocycles. The van der Waals surface area contributed by atoms with Crippen LogP contribution in [0.5, 0.6) is 5.88 Å². The highest BCUT2D eigenvalue weighted by Crippen LogP contribution is 2.35. The van der Waals surface area contributed by atoms with Crippen molar-refractivity contribution in [3.8, 4) is 17.1 Å². The number of piperidine rings is 1. The van der Waals surface area contributed by atoms with Gasteiger partial charge in [-0.2, -0.15) is 9.71 Å². The van der Waals surface area contributed by atoms with E-state index < -0.39 is 11.4 Å². The van der Waals surface area contributed by atoms with E-state index in [9.17, 15) is 4.55 Å². The quantitative estimate of drug-likeness (QED) is 0.459. The lowest BCUT2D eigenvalue weighted by Gasteiger charge is -2.38. The van der Waals surface area contributed by atoms with Gasteiger partial charge in [0, 0.05) is 30.6 Å². The van der Waals surface area contributed by atoms with Gasteiger partial charge in [0.2, 0.25) is 5.88 Å². The van der Waals surface area contributed by atoms with Gasteiger partial charge in [0.05, 0.1) is 12.3 Å². The van der Waals surface area contributed by atoms with E-state index in [4.69, 9.17) is 9.72 Å². The third kappa shape index (κ3) is 5.79. The average molecular weight is 517 g/mol. The number of rotatable bonds is 3. The first kappa shape index (κ1) is 24.7. The molecule has 194 valence electrons. The van der Waals surface area contributed by atoms with Crippen molar-refractivity contribution in [2.24, 2.45) is 17.8 Å². The number of aryl methyl sites for hydroxylation is 3. The number of nitrogens with one attached hydrogen (secondary N) is 1. The van der Waals surface area contributed by atoms with Gasteiger partial charge in [-0.15, -0.1) is 0 Å². The molecule has 1 aliphatic carbocycles. The molecular formula is C30H36N4O2S. The summed E-state index contributed by atoms with van der Waals surface area (Å²) in [5.74, 6) is 2.82. The number of ether oxygens (including phenoxy) is 1. The zero-order valence-corrected chi connectivity index (χ0v) is 22.6. The second kappa shape index (κ2) is 10.6. The number of hydrogen-bond acceptors (Lipinski definition) is 6. The van der Waals surface area contributed by atoms with Gasteiger partial charge in [0.15, 0.2) is 4.90 Å². The molecule has 6 rings (SSSR count). The maximum atomic E-state index is 13.3. The summed E-state index contributed by atoms with van der Waals surface area (Å²) in [6, 6.07) is 16.3. The zero-order chi connectivity index (χ0) is 25.4. The van der Waals surface area contributed by atoms with E-state index in [1.54, 1.807) is 0 Å². The smallest absolute Gasteiger partial charge is 0.269 e. The highest BCUT2D eigenvalue weighted by atomic mass is 32.2. The molecule has 0 spiro atoms. The van der Waals surface area contributed by atoms with E-state index in [-0.39, 0.29) is 0 Å². The molecule has 2 aromatic carbocycles. The molecule has 2 aliphatic heterocycles. The number of likely N-dealkylation sites (tertiary alicyclic amines) is 1. The predicted octanol–water partition coefficient (Wildman–Crippen LogP) is 5.57. The molecule has 2 unspecified atom stereocenters. The van der Waals surface area contributed by atoms with Crippen LogP contribution in [0.1, 0.15) is 42.4 Å². The molecule has 3 aromatic rings. The summed E-state index contributed by atoms with van der Waals surface area (Å²) in [5.41, 5.74) is 5.37. The maximum absolute atomic E-state index is 13.3. The largest absolute Gasteiger partial charge is 0.588 e. The fraction of sp³-hybridized carbons (Fsp3) is 0.467. The third-order valence-electron chi connectivity index (χ3n) is 8.17. The second-order valence-corrected chi connectivity index (χ2v) is 12.3. The van der Waals surface area contributed by atoms with Gasteiger partial charge >= 0.3 is 0 Å². The summed E-state index contributed by atoms with van der Waals surface area (Å²) in [4.78, 5) is 12.8. The van der Waals surface area contributed by atoms with Crippen molar-refractivity contribution in [2.75, 3.05) is 31.0 Å². The molecule has 3 aliphatic rings. The van der Waals surface area contributed by atoms with Crippen molar-refractivity contribution >= 4 is 17.3 Å². The van der Waals surface area contributed by atoms with Crippen LogP contribution in [0, 0.1) is 31.6 Å². The fourth-order valence-electron chi connectivity index (χ4n) is 5.95. The van der Waals surface area contributed by atoms with Gasteiger partial charge in [0.25, 0.3) is 5.95 Å². The predicted molar refractivity (Wildman–Crippen MR) is 148 cm³/mol. The first-order valence-electron chi connectivity index (χ1n) is 13.6. The lowest BCUT2D eigenvalue weighted by Crippen LogP contribution is -2.43. The molecule has 4 bridgehead atoms.